The van der Waals surface area contributed by atoms with Crippen LogP contribution in [0.25, 0.3) is 0 Å². The fraction of sp³-hybridized carbons (Fsp3) is 0.667. The monoisotopic (exact) mass is 197 g/mol. The molecule has 82 valence electrons. The van der Waals surface area contributed by atoms with Gasteiger partial charge in [-0.2, -0.15) is 0 Å². The van der Waals surface area contributed by atoms with Gasteiger partial charge in [0, 0.05) is 26.8 Å². The summed E-state index contributed by atoms with van der Waals surface area (Å²) in [4.78, 5) is 0. The van der Waals surface area contributed by atoms with Crippen molar-refractivity contribution >= 4 is 0 Å². The second-order valence-corrected chi connectivity index (χ2v) is 3.83. The van der Waals surface area contributed by atoms with Crippen LogP contribution in [0.3, 0.4) is 0 Å². The third-order valence-corrected chi connectivity index (χ3v) is 2.31. The molecule has 1 aliphatic heterocycles. The summed E-state index contributed by atoms with van der Waals surface area (Å²) in [5.74, 6) is 0.576. The predicted molar refractivity (Wildman–Crippen MR) is 62.5 cm³/mol. The van der Waals surface area contributed by atoms with Crippen molar-refractivity contribution < 1.29 is 4.74 Å². The molecular formula is C12H23NO. The first kappa shape index (κ1) is 13.4. The molecule has 0 aromatic rings. The molecule has 0 unspecified atom stereocenters. The van der Waals surface area contributed by atoms with Gasteiger partial charge < -0.3 is 10.1 Å². The first-order valence-corrected chi connectivity index (χ1v) is 4.75. The Balaban J connectivity index is 0.00000169. The van der Waals surface area contributed by atoms with Crippen LogP contribution in [-0.2, 0) is 4.74 Å². The van der Waals surface area contributed by atoms with E-state index in [1.165, 1.54) is 11.1 Å². The molecule has 2 heteroatoms. The Labute approximate surface area is 88.0 Å². The molecule has 1 fully saturated rings. The van der Waals surface area contributed by atoms with Gasteiger partial charge in [-0.1, -0.05) is 31.7 Å². The first-order valence-electron chi connectivity index (χ1n) is 4.75. The lowest BCUT2D eigenvalue weighted by Crippen LogP contribution is -2.25. The summed E-state index contributed by atoms with van der Waals surface area (Å²) in [6, 6.07) is 0. The highest BCUT2D eigenvalue weighted by atomic mass is 16.5. The molecule has 0 bridgehead atoms. The Kier molecular flexibility index (Phi) is 6.50. The molecule has 0 aromatic heterocycles. The maximum Gasteiger partial charge on any atom is 0.0496 e. The number of methoxy groups -OCH3 is 1. The van der Waals surface area contributed by atoms with Crippen molar-refractivity contribution in [3.63, 3.8) is 0 Å². The maximum atomic E-state index is 5.17. The smallest absolute Gasteiger partial charge is 0.0496 e. The minimum absolute atomic E-state index is 0. The van der Waals surface area contributed by atoms with Crippen LogP contribution in [0.2, 0.25) is 0 Å². The molecule has 0 atom stereocenters. The van der Waals surface area contributed by atoms with E-state index in [4.69, 9.17) is 4.74 Å². The summed E-state index contributed by atoms with van der Waals surface area (Å²) in [7, 11) is 1.75. The van der Waals surface area contributed by atoms with Crippen LogP contribution in [0, 0.1) is 5.92 Å². The van der Waals surface area contributed by atoms with Crippen LogP contribution >= 0.6 is 0 Å². The van der Waals surface area contributed by atoms with E-state index in [1.807, 2.05) is 0 Å². The Bertz CT molecular complexity index is 180. The summed E-state index contributed by atoms with van der Waals surface area (Å²) in [5, 5.41) is 3.31. The molecule has 1 N–H and O–H groups in total. The van der Waals surface area contributed by atoms with Gasteiger partial charge in [-0.15, -0.1) is 0 Å². The Hall–Kier alpha value is -0.600. The molecule has 1 rings (SSSR count). The SMILES string of the molecule is C.C=C1CNCC(=C)CC(COC)C1. The zero-order valence-electron chi connectivity index (χ0n) is 8.44. The highest BCUT2D eigenvalue weighted by molar-refractivity contribution is 5.07. The van der Waals surface area contributed by atoms with Gasteiger partial charge >= 0.3 is 0 Å². The van der Waals surface area contributed by atoms with Crippen LogP contribution in [0.5, 0.6) is 0 Å². The van der Waals surface area contributed by atoms with Gasteiger partial charge in [0.25, 0.3) is 0 Å². The number of ether oxygens (including phenoxy) is 1. The zero-order valence-corrected chi connectivity index (χ0v) is 8.44. The normalized spacial score (nSPS) is 19.8. The van der Waals surface area contributed by atoms with Gasteiger partial charge in [-0.05, 0) is 18.8 Å². The van der Waals surface area contributed by atoms with E-state index in [0.717, 1.165) is 32.5 Å². The van der Waals surface area contributed by atoms with Crippen molar-refractivity contribution in [1.82, 2.24) is 5.32 Å². The molecule has 1 saturated heterocycles. The second kappa shape index (κ2) is 6.80. The van der Waals surface area contributed by atoms with Crippen molar-refractivity contribution in [3.8, 4) is 0 Å². The van der Waals surface area contributed by atoms with E-state index in [-0.39, 0.29) is 7.43 Å². The van der Waals surface area contributed by atoms with Crippen LogP contribution < -0.4 is 5.32 Å². The molecule has 0 aromatic carbocycles. The molecule has 1 aliphatic rings. The average molecular weight is 197 g/mol. The number of nitrogens with one attached hydrogen (secondary N) is 1. The zero-order chi connectivity index (χ0) is 9.68. The largest absolute Gasteiger partial charge is 0.384 e. The molecule has 1 heterocycles. The molecule has 2 nitrogen and oxygen atoms in total. The van der Waals surface area contributed by atoms with E-state index >= 15 is 0 Å². The fourth-order valence-corrected chi connectivity index (χ4v) is 1.80. The summed E-state index contributed by atoms with van der Waals surface area (Å²) in [5.41, 5.74) is 2.55. The standard InChI is InChI=1S/C11H19NO.CH4/c1-9-4-11(8-13-3)5-10(2)7-12-6-9;/h11-12H,1-2,4-8H2,3H3;1H4. The lowest BCUT2D eigenvalue weighted by atomic mass is 9.92. The van der Waals surface area contributed by atoms with Crippen molar-refractivity contribution in [2.45, 2.75) is 20.3 Å². The fourth-order valence-electron chi connectivity index (χ4n) is 1.80. The highest BCUT2D eigenvalue weighted by Crippen LogP contribution is 2.20. The van der Waals surface area contributed by atoms with Gasteiger partial charge in [-0.25, -0.2) is 0 Å². The topological polar surface area (TPSA) is 21.3 Å². The van der Waals surface area contributed by atoms with Gasteiger partial charge in [0.15, 0.2) is 0 Å². The third-order valence-electron chi connectivity index (χ3n) is 2.31. The molecule has 0 amide bonds. The van der Waals surface area contributed by atoms with E-state index in [1.54, 1.807) is 7.11 Å². The summed E-state index contributed by atoms with van der Waals surface area (Å²) in [6.45, 7) is 10.7. The summed E-state index contributed by atoms with van der Waals surface area (Å²) in [6.07, 6.45) is 2.11. The van der Waals surface area contributed by atoms with Crippen LogP contribution in [0.15, 0.2) is 24.3 Å². The average Bonchev–Trinajstić information content (AvgIpc) is 2.01. The van der Waals surface area contributed by atoms with Crippen LogP contribution in [0.4, 0.5) is 0 Å². The minimum atomic E-state index is 0. The van der Waals surface area contributed by atoms with E-state index in [2.05, 4.69) is 18.5 Å². The van der Waals surface area contributed by atoms with Gasteiger partial charge in [-0.3, -0.25) is 0 Å². The third kappa shape index (κ3) is 4.58. The molecule has 0 saturated carbocycles. The molecule has 0 radical (unpaired) electrons. The van der Waals surface area contributed by atoms with E-state index < -0.39 is 0 Å². The van der Waals surface area contributed by atoms with Crippen molar-refractivity contribution in [2.24, 2.45) is 5.92 Å². The number of hydrogen-bond donors (Lipinski definition) is 1. The second-order valence-electron chi connectivity index (χ2n) is 3.83. The van der Waals surface area contributed by atoms with Gasteiger partial charge in [0.2, 0.25) is 0 Å². The maximum absolute atomic E-state index is 5.17. The lowest BCUT2D eigenvalue weighted by molar-refractivity contribution is 0.150. The van der Waals surface area contributed by atoms with Crippen molar-refractivity contribution in [3.05, 3.63) is 24.3 Å². The lowest BCUT2D eigenvalue weighted by Gasteiger charge is -2.22. The Morgan fingerprint density at radius 3 is 2.21 bits per heavy atom. The predicted octanol–water partition coefficient (Wildman–Crippen LogP) is 2.38. The number of rotatable bonds is 2. The number of hydrogen-bond acceptors (Lipinski definition) is 2. The Morgan fingerprint density at radius 1 is 1.29 bits per heavy atom. The van der Waals surface area contributed by atoms with Gasteiger partial charge in [0.05, 0.1) is 0 Å². The van der Waals surface area contributed by atoms with Crippen molar-refractivity contribution in [2.75, 3.05) is 26.8 Å². The minimum Gasteiger partial charge on any atom is -0.384 e. The molecule has 0 aliphatic carbocycles. The molecule has 14 heavy (non-hydrogen) atoms. The summed E-state index contributed by atoms with van der Waals surface area (Å²) < 4.78 is 5.17. The molecule has 0 spiro atoms. The van der Waals surface area contributed by atoms with Crippen LogP contribution in [0.1, 0.15) is 20.3 Å². The highest BCUT2D eigenvalue weighted by Gasteiger charge is 2.14. The van der Waals surface area contributed by atoms with E-state index in [9.17, 15) is 0 Å². The van der Waals surface area contributed by atoms with Crippen molar-refractivity contribution in [1.29, 1.82) is 0 Å². The van der Waals surface area contributed by atoms with Crippen LogP contribution in [-0.4, -0.2) is 26.8 Å². The van der Waals surface area contributed by atoms with Gasteiger partial charge in [0.1, 0.15) is 0 Å². The summed E-state index contributed by atoms with van der Waals surface area (Å²) >= 11 is 0. The molecular weight excluding hydrogens is 174 g/mol. The first-order chi connectivity index (χ1) is 6.22. The van der Waals surface area contributed by atoms with E-state index in [0.29, 0.717) is 5.92 Å². The quantitative estimate of drug-likeness (QED) is 0.686. The Morgan fingerprint density at radius 2 is 1.79 bits per heavy atom.